The van der Waals surface area contributed by atoms with E-state index in [1.54, 1.807) is 11.8 Å². The number of aliphatic hydroxyl groups excluding tert-OH is 1. The number of aliphatic hydroxyl groups is 1. The van der Waals surface area contributed by atoms with Gasteiger partial charge in [0.1, 0.15) is 0 Å². The molecule has 0 heterocycles. The Hall–Kier alpha value is -1.10. The van der Waals surface area contributed by atoms with Crippen LogP contribution in [-0.4, -0.2) is 47.6 Å². The summed E-state index contributed by atoms with van der Waals surface area (Å²) in [5.41, 5.74) is 0. The minimum Gasteiger partial charge on any atom is -0.393 e. The third-order valence-electron chi connectivity index (χ3n) is 2.53. The molecule has 0 saturated carbocycles. The summed E-state index contributed by atoms with van der Waals surface area (Å²) in [5, 5.41) is 11.9. The molecule has 1 atom stereocenters. The van der Waals surface area contributed by atoms with Gasteiger partial charge >= 0.3 is 0 Å². The largest absolute Gasteiger partial charge is 0.393 e. The van der Waals surface area contributed by atoms with E-state index in [9.17, 15) is 9.59 Å². The van der Waals surface area contributed by atoms with Crippen molar-refractivity contribution in [3.05, 3.63) is 0 Å². The lowest BCUT2D eigenvalue weighted by Gasteiger charge is -2.22. The minimum atomic E-state index is -0.480. The van der Waals surface area contributed by atoms with Crippen molar-refractivity contribution in [3.8, 4) is 0 Å². The van der Waals surface area contributed by atoms with Gasteiger partial charge in [-0.2, -0.15) is 0 Å². The van der Waals surface area contributed by atoms with Gasteiger partial charge in [0.15, 0.2) is 0 Å². The first kappa shape index (κ1) is 16.9. The zero-order valence-corrected chi connectivity index (χ0v) is 11.7. The fraction of sp³-hybridized carbons (Fsp3) is 0.846. The van der Waals surface area contributed by atoms with Crippen molar-refractivity contribution in [3.63, 3.8) is 0 Å². The van der Waals surface area contributed by atoms with Crippen molar-refractivity contribution in [1.29, 1.82) is 0 Å². The second kappa shape index (κ2) is 9.88. The molecule has 0 aromatic rings. The maximum atomic E-state index is 11.9. The van der Waals surface area contributed by atoms with Crippen LogP contribution in [-0.2, 0) is 9.59 Å². The fourth-order valence-electron chi connectivity index (χ4n) is 1.55. The molecule has 5 heteroatoms. The quantitative estimate of drug-likeness (QED) is 0.646. The van der Waals surface area contributed by atoms with Crippen LogP contribution in [0.2, 0.25) is 0 Å². The van der Waals surface area contributed by atoms with Crippen molar-refractivity contribution in [2.45, 2.75) is 52.6 Å². The lowest BCUT2D eigenvalue weighted by Crippen LogP contribution is -2.41. The number of amides is 2. The topological polar surface area (TPSA) is 69.6 Å². The summed E-state index contributed by atoms with van der Waals surface area (Å²) >= 11 is 0. The van der Waals surface area contributed by atoms with Crippen molar-refractivity contribution >= 4 is 11.8 Å². The monoisotopic (exact) mass is 258 g/mol. The van der Waals surface area contributed by atoms with Gasteiger partial charge in [0.25, 0.3) is 0 Å². The predicted octanol–water partition coefficient (Wildman–Crippen LogP) is 0.912. The summed E-state index contributed by atoms with van der Waals surface area (Å²) in [6.45, 7) is 6.95. The van der Waals surface area contributed by atoms with Crippen molar-refractivity contribution in [2.75, 3.05) is 19.6 Å². The Morgan fingerprint density at radius 1 is 1.28 bits per heavy atom. The maximum Gasteiger partial charge on any atom is 0.239 e. The molecule has 0 radical (unpaired) electrons. The highest BCUT2D eigenvalue weighted by atomic mass is 16.3. The fourth-order valence-corrected chi connectivity index (χ4v) is 1.55. The van der Waals surface area contributed by atoms with Gasteiger partial charge in [0.05, 0.1) is 12.6 Å². The Kier molecular flexibility index (Phi) is 9.28. The van der Waals surface area contributed by atoms with Crippen molar-refractivity contribution < 1.29 is 14.7 Å². The summed E-state index contributed by atoms with van der Waals surface area (Å²) in [4.78, 5) is 25.0. The molecule has 5 nitrogen and oxygen atoms in total. The van der Waals surface area contributed by atoms with E-state index >= 15 is 0 Å². The van der Waals surface area contributed by atoms with E-state index in [0.29, 0.717) is 25.9 Å². The summed E-state index contributed by atoms with van der Waals surface area (Å²) in [6.07, 6.45) is 1.96. The minimum absolute atomic E-state index is 0.0654. The molecule has 0 aliphatic heterocycles. The van der Waals surface area contributed by atoms with Gasteiger partial charge in [-0.15, -0.1) is 0 Å². The van der Waals surface area contributed by atoms with Crippen molar-refractivity contribution in [2.24, 2.45) is 0 Å². The van der Waals surface area contributed by atoms with E-state index < -0.39 is 6.10 Å². The Balaban J connectivity index is 4.19. The number of carbonyl (C=O) groups excluding carboxylic acids is 2. The van der Waals surface area contributed by atoms with Gasteiger partial charge in [-0.05, 0) is 26.2 Å². The predicted molar refractivity (Wildman–Crippen MR) is 71.1 cm³/mol. The van der Waals surface area contributed by atoms with Crippen LogP contribution >= 0.6 is 0 Å². The number of nitrogens with one attached hydrogen (secondary N) is 1. The van der Waals surface area contributed by atoms with Crippen LogP contribution in [0.4, 0.5) is 0 Å². The molecule has 0 aliphatic carbocycles. The highest BCUT2D eigenvalue weighted by Gasteiger charge is 2.16. The molecule has 0 aromatic carbocycles. The highest BCUT2D eigenvalue weighted by Crippen LogP contribution is 2.02. The number of hydrogen-bond donors (Lipinski definition) is 2. The lowest BCUT2D eigenvalue weighted by molar-refractivity contribution is -0.136. The standard InChI is InChI=1S/C13H26N2O3/c1-4-8-14-12(17)10-15(9-5-2)13(18)7-6-11(3)16/h11,16H,4-10H2,1-3H3,(H,14,17). The molecule has 18 heavy (non-hydrogen) atoms. The molecular weight excluding hydrogens is 232 g/mol. The van der Waals surface area contributed by atoms with Crippen LogP contribution in [0.3, 0.4) is 0 Å². The Morgan fingerprint density at radius 3 is 2.44 bits per heavy atom. The van der Waals surface area contributed by atoms with E-state index in [0.717, 1.165) is 12.8 Å². The first-order chi connectivity index (χ1) is 8.51. The van der Waals surface area contributed by atoms with Gasteiger partial charge in [0, 0.05) is 19.5 Å². The Bertz CT molecular complexity index is 255. The average molecular weight is 258 g/mol. The molecule has 2 N–H and O–H groups in total. The second-order valence-electron chi connectivity index (χ2n) is 4.55. The zero-order chi connectivity index (χ0) is 14.0. The van der Waals surface area contributed by atoms with E-state index in [4.69, 9.17) is 5.11 Å². The molecule has 0 spiro atoms. The van der Waals surface area contributed by atoms with Crippen LogP contribution in [0.25, 0.3) is 0 Å². The molecule has 0 aliphatic rings. The van der Waals surface area contributed by atoms with Gasteiger partial charge in [-0.1, -0.05) is 13.8 Å². The van der Waals surface area contributed by atoms with Gasteiger partial charge in [-0.3, -0.25) is 9.59 Å². The normalized spacial score (nSPS) is 12.0. The maximum absolute atomic E-state index is 11.9. The number of hydrogen-bond acceptors (Lipinski definition) is 3. The summed E-state index contributed by atoms with van der Waals surface area (Å²) in [6, 6.07) is 0. The molecule has 0 aromatic heterocycles. The zero-order valence-electron chi connectivity index (χ0n) is 11.7. The molecule has 1 unspecified atom stereocenters. The van der Waals surface area contributed by atoms with Gasteiger partial charge in [0.2, 0.25) is 11.8 Å². The number of rotatable bonds is 9. The summed E-state index contributed by atoms with van der Waals surface area (Å²) in [7, 11) is 0. The van der Waals surface area contributed by atoms with Crippen molar-refractivity contribution in [1.82, 2.24) is 10.2 Å². The average Bonchev–Trinajstić information content (AvgIpc) is 2.32. The Morgan fingerprint density at radius 2 is 1.94 bits per heavy atom. The molecule has 106 valence electrons. The SMILES string of the molecule is CCCNC(=O)CN(CCC)C(=O)CCC(C)O. The van der Waals surface area contributed by atoms with Gasteiger partial charge in [-0.25, -0.2) is 0 Å². The smallest absolute Gasteiger partial charge is 0.239 e. The first-order valence-electron chi connectivity index (χ1n) is 6.73. The first-order valence-corrected chi connectivity index (χ1v) is 6.73. The van der Waals surface area contributed by atoms with Crippen LogP contribution in [0, 0.1) is 0 Å². The lowest BCUT2D eigenvalue weighted by atomic mass is 10.2. The van der Waals surface area contributed by atoms with Crippen LogP contribution in [0.1, 0.15) is 46.5 Å². The van der Waals surface area contributed by atoms with E-state index in [2.05, 4.69) is 5.32 Å². The van der Waals surface area contributed by atoms with E-state index in [-0.39, 0.29) is 18.4 Å². The number of carbonyl (C=O) groups is 2. The van der Waals surface area contributed by atoms with Crippen LogP contribution in [0.5, 0.6) is 0 Å². The summed E-state index contributed by atoms with van der Waals surface area (Å²) < 4.78 is 0. The van der Waals surface area contributed by atoms with Crippen LogP contribution in [0.15, 0.2) is 0 Å². The second-order valence-corrected chi connectivity index (χ2v) is 4.55. The molecule has 0 bridgehead atoms. The molecule has 0 rings (SSSR count). The molecular formula is C13H26N2O3. The van der Waals surface area contributed by atoms with Gasteiger partial charge < -0.3 is 15.3 Å². The Labute approximate surface area is 110 Å². The van der Waals surface area contributed by atoms with E-state index in [1.165, 1.54) is 0 Å². The van der Waals surface area contributed by atoms with Crippen LogP contribution < -0.4 is 5.32 Å². The van der Waals surface area contributed by atoms with E-state index in [1.807, 2.05) is 13.8 Å². The number of nitrogens with zero attached hydrogens (tertiary/aromatic N) is 1. The molecule has 2 amide bonds. The summed E-state index contributed by atoms with van der Waals surface area (Å²) in [5.74, 6) is -0.180. The molecule has 0 fully saturated rings. The molecule has 0 saturated heterocycles. The highest BCUT2D eigenvalue weighted by molar-refractivity contribution is 5.84. The third-order valence-corrected chi connectivity index (χ3v) is 2.53. The third kappa shape index (κ3) is 8.06.